The molecule has 0 radical (unpaired) electrons. The number of rotatable bonds is 7. The van der Waals surface area contributed by atoms with Gasteiger partial charge in [0.05, 0.1) is 6.10 Å². The molecule has 0 bridgehead atoms. The average molecular weight is 271 g/mol. The quantitative estimate of drug-likeness (QED) is 0.691. The van der Waals surface area contributed by atoms with Gasteiger partial charge in [-0.05, 0) is 31.2 Å². The van der Waals surface area contributed by atoms with Gasteiger partial charge in [0.15, 0.2) is 6.04 Å². The minimum Gasteiger partial charge on any atom is -0.480 e. The Morgan fingerprint density at radius 2 is 2.22 bits per heavy atom. The standard InChI is InChI=1S/C12H17NO4S/c1-8(14)11(12(16)17)13-10(15)6-2-4-9-5-3-7-18-9/h3,5,7-8,11,14H,2,4,6H2,1H3,(H,13,15)(H,16,17)/t8-,11+/m1/s1. The molecular weight excluding hydrogens is 254 g/mol. The van der Waals surface area contributed by atoms with E-state index in [0.717, 1.165) is 6.42 Å². The van der Waals surface area contributed by atoms with Gasteiger partial charge in [0.1, 0.15) is 0 Å². The van der Waals surface area contributed by atoms with Crippen LogP contribution in [0.1, 0.15) is 24.6 Å². The number of aryl methyl sites for hydroxylation is 1. The van der Waals surface area contributed by atoms with Crippen molar-refractivity contribution in [1.82, 2.24) is 5.32 Å². The van der Waals surface area contributed by atoms with E-state index in [1.54, 1.807) is 11.3 Å². The van der Waals surface area contributed by atoms with E-state index in [4.69, 9.17) is 5.11 Å². The molecule has 0 aliphatic carbocycles. The minimum absolute atomic E-state index is 0.258. The van der Waals surface area contributed by atoms with Crippen LogP contribution in [0, 0.1) is 0 Å². The highest BCUT2D eigenvalue weighted by molar-refractivity contribution is 7.09. The molecule has 0 spiro atoms. The molecule has 100 valence electrons. The monoisotopic (exact) mass is 271 g/mol. The van der Waals surface area contributed by atoms with Crippen LogP contribution in [0.3, 0.4) is 0 Å². The van der Waals surface area contributed by atoms with Crippen molar-refractivity contribution in [1.29, 1.82) is 0 Å². The summed E-state index contributed by atoms with van der Waals surface area (Å²) in [5.41, 5.74) is 0. The molecule has 3 N–H and O–H groups in total. The molecule has 0 aliphatic rings. The van der Waals surface area contributed by atoms with E-state index >= 15 is 0 Å². The zero-order valence-electron chi connectivity index (χ0n) is 10.1. The largest absolute Gasteiger partial charge is 0.480 e. The highest BCUT2D eigenvalue weighted by Crippen LogP contribution is 2.11. The summed E-state index contributed by atoms with van der Waals surface area (Å²) >= 11 is 1.63. The minimum atomic E-state index is -1.24. The summed E-state index contributed by atoms with van der Waals surface area (Å²) in [6.45, 7) is 1.34. The van der Waals surface area contributed by atoms with Gasteiger partial charge in [0.2, 0.25) is 5.91 Å². The topological polar surface area (TPSA) is 86.6 Å². The van der Waals surface area contributed by atoms with Crippen LogP contribution >= 0.6 is 11.3 Å². The number of aliphatic hydroxyl groups is 1. The number of nitrogens with one attached hydrogen (secondary N) is 1. The molecule has 0 fully saturated rings. The number of carboxylic acids is 1. The average Bonchev–Trinajstić information content (AvgIpc) is 2.78. The molecule has 5 nitrogen and oxygen atoms in total. The number of thiophene rings is 1. The van der Waals surface area contributed by atoms with Gasteiger partial charge in [-0.2, -0.15) is 0 Å². The maximum atomic E-state index is 11.5. The van der Waals surface area contributed by atoms with Crippen LogP contribution in [0.25, 0.3) is 0 Å². The molecule has 2 atom stereocenters. The molecule has 18 heavy (non-hydrogen) atoms. The third kappa shape index (κ3) is 4.85. The van der Waals surface area contributed by atoms with Crippen LogP contribution in [0.2, 0.25) is 0 Å². The summed E-state index contributed by atoms with van der Waals surface area (Å²) in [4.78, 5) is 23.5. The van der Waals surface area contributed by atoms with Gasteiger partial charge in [-0.15, -0.1) is 11.3 Å². The Morgan fingerprint density at radius 3 is 2.72 bits per heavy atom. The van der Waals surface area contributed by atoms with Gasteiger partial charge in [-0.1, -0.05) is 6.07 Å². The smallest absolute Gasteiger partial charge is 0.328 e. The molecule has 0 aliphatic heterocycles. The van der Waals surface area contributed by atoms with Crippen molar-refractivity contribution in [2.75, 3.05) is 0 Å². The number of carboxylic acid groups (broad SMARTS) is 1. The number of carbonyl (C=O) groups is 2. The molecule has 0 saturated carbocycles. The lowest BCUT2D eigenvalue weighted by Gasteiger charge is -2.16. The number of aliphatic hydroxyl groups excluding tert-OH is 1. The van der Waals surface area contributed by atoms with E-state index in [2.05, 4.69) is 5.32 Å². The lowest BCUT2D eigenvalue weighted by atomic mass is 10.1. The van der Waals surface area contributed by atoms with Crippen LogP contribution < -0.4 is 5.32 Å². The third-order valence-electron chi connectivity index (χ3n) is 2.47. The van der Waals surface area contributed by atoms with Gasteiger partial charge in [0.25, 0.3) is 0 Å². The Balaban J connectivity index is 2.30. The highest BCUT2D eigenvalue weighted by Gasteiger charge is 2.24. The van der Waals surface area contributed by atoms with Crippen molar-refractivity contribution in [3.63, 3.8) is 0 Å². The van der Waals surface area contributed by atoms with E-state index in [9.17, 15) is 14.7 Å². The zero-order valence-corrected chi connectivity index (χ0v) is 10.9. The Bertz CT molecular complexity index is 389. The fraction of sp³-hybridized carbons (Fsp3) is 0.500. The molecule has 1 aromatic rings. The predicted octanol–water partition coefficient (Wildman–Crippen LogP) is 1.02. The molecule has 1 heterocycles. The van der Waals surface area contributed by atoms with E-state index in [-0.39, 0.29) is 12.3 Å². The third-order valence-corrected chi connectivity index (χ3v) is 3.41. The fourth-order valence-corrected chi connectivity index (χ4v) is 2.26. The number of aliphatic carboxylic acids is 1. The summed E-state index contributed by atoms with van der Waals surface area (Å²) in [5, 5.41) is 22.3. The van der Waals surface area contributed by atoms with Crippen molar-refractivity contribution in [2.24, 2.45) is 0 Å². The van der Waals surface area contributed by atoms with Crippen LogP contribution in [0.4, 0.5) is 0 Å². The summed E-state index contributed by atoms with van der Waals surface area (Å²) in [6.07, 6.45) is 0.619. The van der Waals surface area contributed by atoms with E-state index < -0.39 is 18.1 Å². The first-order valence-corrected chi connectivity index (χ1v) is 6.61. The molecule has 0 aromatic carbocycles. The number of hydrogen-bond acceptors (Lipinski definition) is 4. The molecule has 1 aromatic heterocycles. The molecular formula is C12H17NO4S. The fourth-order valence-electron chi connectivity index (χ4n) is 1.51. The summed E-state index contributed by atoms with van der Waals surface area (Å²) in [7, 11) is 0. The second-order valence-electron chi connectivity index (χ2n) is 4.06. The van der Waals surface area contributed by atoms with Crippen LogP contribution in [-0.2, 0) is 16.0 Å². The summed E-state index contributed by atoms with van der Waals surface area (Å²) in [6, 6.07) is 2.71. The normalized spacial score (nSPS) is 13.9. The van der Waals surface area contributed by atoms with Crippen LogP contribution in [-0.4, -0.2) is 34.2 Å². The highest BCUT2D eigenvalue weighted by atomic mass is 32.1. The van der Waals surface area contributed by atoms with Crippen molar-refractivity contribution < 1.29 is 19.8 Å². The summed E-state index contributed by atoms with van der Waals surface area (Å²) < 4.78 is 0. The van der Waals surface area contributed by atoms with Gasteiger partial charge >= 0.3 is 5.97 Å². The second-order valence-corrected chi connectivity index (χ2v) is 5.09. The second kappa shape index (κ2) is 7.13. The molecule has 6 heteroatoms. The molecule has 1 amide bonds. The Kier molecular flexibility index (Phi) is 5.80. The van der Waals surface area contributed by atoms with Crippen molar-refractivity contribution >= 4 is 23.2 Å². The Morgan fingerprint density at radius 1 is 1.50 bits per heavy atom. The van der Waals surface area contributed by atoms with E-state index in [1.165, 1.54) is 11.8 Å². The van der Waals surface area contributed by atoms with Gasteiger partial charge in [0, 0.05) is 11.3 Å². The summed E-state index contributed by atoms with van der Waals surface area (Å²) in [5.74, 6) is -1.57. The molecule has 0 unspecified atom stereocenters. The van der Waals surface area contributed by atoms with Gasteiger partial charge in [-0.25, -0.2) is 4.79 Å². The maximum Gasteiger partial charge on any atom is 0.328 e. The van der Waals surface area contributed by atoms with Gasteiger partial charge < -0.3 is 15.5 Å². The first-order chi connectivity index (χ1) is 8.50. The first kappa shape index (κ1) is 14.7. The number of amides is 1. The number of hydrogen-bond donors (Lipinski definition) is 3. The van der Waals surface area contributed by atoms with Crippen molar-refractivity contribution in [3.05, 3.63) is 22.4 Å². The number of carbonyl (C=O) groups excluding carboxylic acids is 1. The lowest BCUT2D eigenvalue weighted by molar-refractivity contribution is -0.144. The maximum absolute atomic E-state index is 11.5. The lowest BCUT2D eigenvalue weighted by Crippen LogP contribution is -2.47. The zero-order chi connectivity index (χ0) is 13.5. The molecule has 0 saturated heterocycles. The van der Waals surface area contributed by atoms with Crippen LogP contribution in [0.5, 0.6) is 0 Å². The van der Waals surface area contributed by atoms with Crippen LogP contribution in [0.15, 0.2) is 17.5 Å². The Labute approximate surface area is 109 Å². The molecule has 1 rings (SSSR count). The van der Waals surface area contributed by atoms with E-state index in [0.29, 0.717) is 6.42 Å². The predicted molar refractivity (Wildman–Crippen MR) is 68.5 cm³/mol. The van der Waals surface area contributed by atoms with Crippen molar-refractivity contribution in [2.45, 2.75) is 38.3 Å². The SMILES string of the molecule is C[C@@H](O)[C@H](NC(=O)CCCc1cccs1)C(=O)O. The van der Waals surface area contributed by atoms with Gasteiger partial charge in [-0.3, -0.25) is 4.79 Å². The Hall–Kier alpha value is -1.40. The first-order valence-electron chi connectivity index (χ1n) is 5.73. The van der Waals surface area contributed by atoms with E-state index in [1.807, 2.05) is 17.5 Å². The van der Waals surface area contributed by atoms with Crippen molar-refractivity contribution in [3.8, 4) is 0 Å².